The molecule has 1 aromatic heterocycles. The molecule has 0 spiro atoms. The molecule has 0 saturated carbocycles. The number of aromatic nitrogens is 2. The number of rotatable bonds is 5. The average Bonchev–Trinajstić information content (AvgIpc) is 2.68. The number of nitrogens with zero attached hydrogens (tertiary/aromatic N) is 2. The SMILES string of the molecule is C[C@@H](OC(=O)c1n[nH]c(=O)c2ccccc12)C(=O)Nc1ccccc1[N+](=O)[O-]. The zero-order valence-electron chi connectivity index (χ0n) is 14.5. The molecule has 1 heterocycles. The Morgan fingerprint density at radius 2 is 1.79 bits per heavy atom. The van der Waals surface area contributed by atoms with Gasteiger partial charge < -0.3 is 10.1 Å². The minimum atomic E-state index is -1.26. The summed E-state index contributed by atoms with van der Waals surface area (Å²) in [5.41, 5.74) is -0.925. The number of para-hydroxylation sites is 2. The molecule has 0 radical (unpaired) electrons. The largest absolute Gasteiger partial charge is 0.448 e. The Kier molecular flexibility index (Phi) is 5.12. The number of H-pyrrole nitrogens is 1. The third-order valence-corrected chi connectivity index (χ3v) is 3.90. The zero-order valence-corrected chi connectivity index (χ0v) is 14.5. The van der Waals surface area contributed by atoms with Crippen LogP contribution in [0.3, 0.4) is 0 Å². The van der Waals surface area contributed by atoms with Crippen LogP contribution in [-0.2, 0) is 9.53 Å². The van der Waals surface area contributed by atoms with Gasteiger partial charge in [-0.05, 0) is 19.1 Å². The number of nitro benzene ring substituents is 1. The Labute approximate surface area is 157 Å². The molecule has 142 valence electrons. The standard InChI is InChI=1S/C18H14N4O6/c1-10(16(23)19-13-8-4-5-9-14(13)22(26)27)28-18(25)15-11-6-2-3-7-12(11)17(24)21-20-15/h2-10H,1H3,(H,19,23)(H,21,24)/t10-/m1/s1. The van der Waals surface area contributed by atoms with Gasteiger partial charge in [-0.2, -0.15) is 5.10 Å². The number of fused-ring (bicyclic) bond motifs is 1. The van der Waals surface area contributed by atoms with E-state index >= 15 is 0 Å². The Hall–Kier alpha value is -4.08. The van der Waals surface area contributed by atoms with Crippen LogP contribution in [0.25, 0.3) is 10.8 Å². The van der Waals surface area contributed by atoms with Gasteiger partial charge in [0.05, 0.1) is 10.3 Å². The number of benzene rings is 2. The lowest BCUT2D eigenvalue weighted by atomic mass is 10.1. The number of nitrogens with one attached hydrogen (secondary N) is 2. The average molecular weight is 382 g/mol. The number of amides is 1. The monoisotopic (exact) mass is 382 g/mol. The van der Waals surface area contributed by atoms with Gasteiger partial charge in [-0.15, -0.1) is 0 Å². The highest BCUT2D eigenvalue weighted by atomic mass is 16.6. The van der Waals surface area contributed by atoms with Crippen LogP contribution in [0.2, 0.25) is 0 Å². The third-order valence-electron chi connectivity index (χ3n) is 3.90. The second-order valence-electron chi connectivity index (χ2n) is 5.76. The minimum absolute atomic E-state index is 0.0204. The molecule has 1 amide bonds. The Morgan fingerprint density at radius 3 is 2.50 bits per heavy atom. The number of hydrogen-bond donors (Lipinski definition) is 2. The Morgan fingerprint density at radius 1 is 1.14 bits per heavy atom. The number of esters is 1. The van der Waals surface area contributed by atoms with Gasteiger partial charge in [0, 0.05) is 11.5 Å². The fraction of sp³-hybridized carbons (Fsp3) is 0.111. The molecule has 2 N–H and O–H groups in total. The van der Waals surface area contributed by atoms with E-state index in [9.17, 15) is 24.5 Å². The molecule has 2 aromatic carbocycles. The maximum atomic E-state index is 12.4. The molecule has 1 atom stereocenters. The van der Waals surface area contributed by atoms with Gasteiger partial charge in [0.1, 0.15) is 5.69 Å². The van der Waals surface area contributed by atoms with Crippen LogP contribution >= 0.6 is 0 Å². The van der Waals surface area contributed by atoms with Crippen molar-refractivity contribution in [2.24, 2.45) is 0 Å². The summed E-state index contributed by atoms with van der Waals surface area (Å²) in [5, 5.41) is 19.8. The Balaban J connectivity index is 1.78. The van der Waals surface area contributed by atoms with E-state index in [1.165, 1.54) is 43.3 Å². The number of hydrogen-bond acceptors (Lipinski definition) is 7. The van der Waals surface area contributed by atoms with Gasteiger partial charge in [0.15, 0.2) is 11.8 Å². The number of nitro groups is 1. The molecular formula is C18H14N4O6. The molecule has 0 bridgehead atoms. The molecule has 0 aliphatic rings. The third kappa shape index (κ3) is 3.70. The van der Waals surface area contributed by atoms with Crippen LogP contribution in [0.5, 0.6) is 0 Å². The van der Waals surface area contributed by atoms with E-state index in [0.29, 0.717) is 0 Å². The molecule has 3 rings (SSSR count). The van der Waals surface area contributed by atoms with Crippen molar-refractivity contribution in [3.05, 3.63) is 74.7 Å². The van der Waals surface area contributed by atoms with Crippen molar-refractivity contribution in [1.82, 2.24) is 10.2 Å². The zero-order chi connectivity index (χ0) is 20.3. The van der Waals surface area contributed by atoms with Gasteiger partial charge in [-0.1, -0.05) is 30.3 Å². The fourth-order valence-corrected chi connectivity index (χ4v) is 2.51. The molecule has 0 aliphatic heterocycles. The second-order valence-corrected chi connectivity index (χ2v) is 5.76. The molecule has 10 heteroatoms. The summed E-state index contributed by atoms with van der Waals surface area (Å²) < 4.78 is 5.11. The van der Waals surface area contributed by atoms with Crippen molar-refractivity contribution in [2.75, 3.05) is 5.32 Å². The van der Waals surface area contributed by atoms with Crippen molar-refractivity contribution in [1.29, 1.82) is 0 Å². The van der Waals surface area contributed by atoms with Crippen LogP contribution < -0.4 is 10.9 Å². The summed E-state index contributed by atoms with van der Waals surface area (Å²) in [4.78, 5) is 46.9. The predicted octanol–water partition coefficient (Wildman–Crippen LogP) is 2.02. The highest BCUT2D eigenvalue weighted by Crippen LogP contribution is 2.23. The smallest absolute Gasteiger partial charge is 0.360 e. The summed E-state index contributed by atoms with van der Waals surface area (Å²) in [6, 6.07) is 11.9. The summed E-state index contributed by atoms with van der Waals surface area (Å²) in [6.07, 6.45) is -1.26. The molecular weight excluding hydrogens is 368 g/mol. The number of carbonyl (C=O) groups excluding carboxylic acids is 2. The van der Waals surface area contributed by atoms with E-state index in [4.69, 9.17) is 4.74 Å². The highest BCUT2D eigenvalue weighted by Gasteiger charge is 2.24. The highest BCUT2D eigenvalue weighted by molar-refractivity contribution is 6.04. The van der Waals surface area contributed by atoms with Crippen molar-refractivity contribution in [2.45, 2.75) is 13.0 Å². The predicted molar refractivity (Wildman–Crippen MR) is 99.0 cm³/mol. The van der Waals surface area contributed by atoms with Gasteiger partial charge in [-0.25, -0.2) is 9.89 Å². The first kappa shape index (κ1) is 18.7. The van der Waals surface area contributed by atoms with Crippen molar-refractivity contribution in [3.63, 3.8) is 0 Å². The maximum Gasteiger partial charge on any atom is 0.360 e. The summed E-state index contributed by atoms with van der Waals surface area (Å²) in [5.74, 6) is -1.67. The normalized spacial score (nSPS) is 11.6. The molecule has 28 heavy (non-hydrogen) atoms. The molecule has 10 nitrogen and oxygen atoms in total. The molecule has 0 fully saturated rings. The van der Waals surface area contributed by atoms with Gasteiger partial charge in [0.2, 0.25) is 0 Å². The van der Waals surface area contributed by atoms with Crippen molar-refractivity contribution in [3.8, 4) is 0 Å². The van der Waals surface area contributed by atoms with Gasteiger partial charge >= 0.3 is 5.97 Å². The van der Waals surface area contributed by atoms with Crippen molar-refractivity contribution >= 4 is 34.0 Å². The summed E-state index contributed by atoms with van der Waals surface area (Å²) in [6.45, 7) is 1.32. The van der Waals surface area contributed by atoms with Crippen molar-refractivity contribution < 1.29 is 19.2 Å². The van der Waals surface area contributed by atoms with Gasteiger partial charge in [0.25, 0.3) is 17.2 Å². The Bertz CT molecular complexity index is 1140. The molecule has 0 saturated heterocycles. The van der Waals surface area contributed by atoms with Crippen LogP contribution in [0.15, 0.2) is 53.3 Å². The fourth-order valence-electron chi connectivity index (χ4n) is 2.51. The lowest BCUT2D eigenvalue weighted by Crippen LogP contribution is -2.31. The lowest BCUT2D eigenvalue weighted by molar-refractivity contribution is -0.383. The lowest BCUT2D eigenvalue weighted by Gasteiger charge is -2.13. The first-order valence-electron chi connectivity index (χ1n) is 8.11. The van der Waals surface area contributed by atoms with E-state index in [1.807, 2.05) is 0 Å². The quantitative estimate of drug-likeness (QED) is 0.390. The van der Waals surface area contributed by atoms with E-state index in [2.05, 4.69) is 15.5 Å². The molecule has 0 aliphatic carbocycles. The summed E-state index contributed by atoms with van der Waals surface area (Å²) >= 11 is 0. The molecule has 0 unspecified atom stereocenters. The van der Waals surface area contributed by atoms with E-state index in [1.54, 1.807) is 12.1 Å². The van der Waals surface area contributed by atoms with E-state index in [0.717, 1.165) is 0 Å². The number of anilines is 1. The van der Waals surface area contributed by atoms with Crippen LogP contribution in [0.1, 0.15) is 17.4 Å². The van der Waals surface area contributed by atoms with Crippen LogP contribution in [0, 0.1) is 10.1 Å². The first-order valence-corrected chi connectivity index (χ1v) is 8.11. The van der Waals surface area contributed by atoms with Crippen LogP contribution in [-0.4, -0.2) is 33.1 Å². The minimum Gasteiger partial charge on any atom is -0.448 e. The van der Waals surface area contributed by atoms with E-state index in [-0.39, 0.29) is 27.8 Å². The molecule has 3 aromatic rings. The van der Waals surface area contributed by atoms with Gasteiger partial charge in [-0.3, -0.25) is 19.7 Å². The second kappa shape index (κ2) is 7.66. The number of ether oxygens (including phenoxy) is 1. The maximum absolute atomic E-state index is 12.4. The number of carbonyl (C=O) groups is 2. The summed E-state index contributed by atoms with van der Waals surface area (Å²) in [7, 11) is 0. The van der Waals surface area contributed by atoms with E-state index < -0.39 is 28.5 Å². The van der Waals surface area contributed by atoms with Crippen LogP contribution in [0.4, 0.5) is 11.4 Å². The topological polar surface area (TPSA) is 144 Å². The number of aromatic amines is 1. The first-order chi connectivity index (χ1) is 13.4.